The molecule has 0 fully saturated rings. The van der Waals surface area contributed by atoms with E-state index < -0.39 is 0 Å². The molecular formula is C10H13N5O2S. The lowest BCUT2D eigenvalue weighted by molar-refractivity contribution is -0.118. The number of aromatic amines is 1. The quantitative estimate of drug-likeness (QED) is 0.779. The SMILES string of the molecule is COc1ncnc2c1[nH]c(=S)n2CCCC(N)=O. The molecule has 2 heterocycles. The molecule has 0 saturated carbocycles. The second-order valence-corrected chi connectivity index (χ2v) is 4.12. The van der Waals surface area contributed by atoms with Crippen molar-refractivity contribution in [3.63, 3.8) is 0 Å². The first-order chi connectivity index (χ1) is 8.63. The molecule has 0 bridgehead atoms. The average Bonchev–Trinajstić information content (AvgIpc) is 2.65. The Morgan fingerprint density at radius 3 is 3.06 bits per heavy atom. The lowest BCUT2D eigenvalue weighted by Crippen LogP contribution is -2.11. The third-order valence-electron chi connectivity index (χ3n) is 2.52. The van der Waals surface area contributed by atoms with Gasteiger partial charge in [0.05, 0.1) is 7.11 Å². The van der Waals surface area contributed by atoms with Crippen molar-refractivity contribution in [3.05, 3.63) is 11.1 Å². The number of nitrogens with one attached hydrogen (secondary N) is 1. The molecule has 2 aromatic rings. The highest BCUT2D eigenvalue weighted by Gasteiger charge is 2.11. The van der Waals surface area contributed by atoms with Crippen LogP contribution in [0.25, 0.3) is 11.2 Å². The minimum absolute atomic E-state index is 0.316. The first-order valence-corrected chi connectivity index (χ1v) is 5.80. The van der Waals surface area contributed by atoms with Gasteiger partial charge in [0, 0.05) is 13.0 Å². The smallest absolute Gasteiger partial charge is 0.242 e. The zero-order chi connectivity index (χ0) is 13.1. The van der Waals surface area contributed by atoms with Gasteiger partial charge in [0.25, 0.3) is 0 Å². The zero-order valence-corrected chi connectivity index (χ0v) is 10.7. The number of amides is 1. The fourth-order valence-corrected chi connectivity index (χ4v) is 2.00. The number of fused-ring (bicyclic) bond motifs is 1. The second-order valence-electron chi connectivity index (χ2n) is 3.73. The Labute approximate surface area is 108 Å². The number of rotatable bonds is 5. The van der Waals surface area contributed by atoms with Crippen LogP contribution >= 0.6 is 12.2 Å². The van der Waals surface area contributed by atoms with Crippen molar-refractivity contribution < 1.29 is 9.53 Å². The van der Waals surface area contributed by atoms with Crippen LogP contribution in [-0.2, 0) is 11.3 Å². The van der Waals surface area contributed by atoms with Crippen LogP contribution in [0.15, 0.2) is 6.33 Å². The van der Waals surface area contributed by atoms with E-state index in [0.717, 1.165) is 0 Å². The van der Waals surface area contributed by atoms with Gasteiger partial charge >= 0.3 is 0 Å². The molecule has 0 radical (unpaired) electrons. The number of methoxy groups -OCH3 is 1. The summed E-state index contributed by atoms with van der Waals surface area (Å²) in [5.74, 6) is 0.119. The molecule has 0 unspecified atom stereocenters. The van der Waals surface area contributed by atoms with Crippen molar-refractivity contribution in [2.45, 2.75) is 19.4 Å². The maximum absolute atomic E-state index is 10.7. The number of H-pyrrole nitrogens is 1. The lowest BCUT2D eigenvalue weighted by Gasteiger charge is -2.03. The Morgan fingerprint density at radius 1 is 1.61 bits per heavy atom. The molecule has 3 N–H and O–H groups in total. The molecule has 2 rings (SSSR count). The van der Waals surface area contributed by atoms with E-state index in [1.54, 1.807) is 4.57 Å². The minimum atomic E-state index is -0.325. The average molecular weight is 267 g/mol. The Bertz CT molecular complexity index is 633. The topological polar surface area (TPSA) is 98.8 Å². The lowest BCUT2D eigenvalue weighted by atomic mass is 10.3. The van der Waals surface area contributed by atoms with E-state index in [-0.39, 0.29) is 5.91 Å². The number of hydrogen-bond donors (Lipinski definition) is 2. The van der Waals surface area contributed by atoms with Crippen LogP contribution < -0.4 is 10.5 Å². The third-order valence-corrected chi connectivity index (χ3v) is 2.85. The molecule has 0 aromatic carbocycles. The number of primary amides is 1. The maximum Gasteiger partial charge on any atom is 0.242 e. The second kappa shape index (κ2) is 5.13. The molecule has 96 valence electrons. The van der Waals surface area contributed by atoms with E-state index >= 15 is 0 Å². The number of hydrogen-bond acceptors (Lipinski definition) is 5. The molecule has 0 aliphatic heterocycles. The van der Waals surface area contributed by atoms with Crippen molar-refractivity contribution in [1.29, 1.82) is 0 Å². The summed E-state index contributed by atoms with van der Waals surface area (Å²) in [7, 11) is 1.53. The summed E-state index contributed by atoms with van der Waals surface area (Å²) in [6.45, 7) is 0.571. The Morgan fingerprint density at radius 2 is 2.39 bits per heavy atom. The van der Waals surface area contributed by atoms with Gasteiger partial charge in [-0.05, 0) is 18.6 Å². The largest absolute Gasteiger partial charge is 0.479 e. The fraction of sp³-hybridized carbons (Fsp3) is 0.400. The van der Waals surface area contributed by atoms with Crippen molar-refractivity contribution in [1.82, 2.24) is 19.5 Å². The van der Waals surface area contributed by atoms with Gasteiger partial charge in [0.2, 0.25) is 11.8 Å². The molecular weight excluding hydrogens is 254 g/mol. The normalized spacial score (nSPS) is 10.7. The zero-order valence-electron chi connectivity index (χ0n) is 9.84. The van der Waals surface area contributed by atoms with Crippen molar-refractivity contribution in [3.8, 4) is 5.88 Å². The summed E-state index contributed by atoms with van der Waals surface area (Å²) in [4.78, 5) is 21.9. The minimum Gasteiger partial charge on any atom is -0.479 e. The maximum atomic E-state index is 10.7. The molecule has 8 heteroatoms. The molecule has 0 atom stereocenters. The van der Waals surface area contributed by atoms with Gasteiger partial charge in [-0.3, -0.25) is 4.79 Å². The van der Waals surface area contributed by atoms with Crippen molar-refractivity contribution >= 4 is 29.3 Å². The summed E-state index contributed by atoms with van der Waals surface area (Å²) in [6.07, 6.45) is 2.34. The highest BCUT2D eigenvalue weighted by molar-refractivity contribution is 7.71. The Balaban J connectivity index is 2.36. The predicted octanol–water partition coefficient (Wildman–Crippen LogP) is 0.763. The third kappa shape index (κ3) is 2.33. The van der Waals surface area contributed by atoms with Crippen LogP contribution in [-0.4, -0.2) is 32.5 Å². The number of nitrogens with zero attached hydrogens (tertiary/aromatic N) is 3. The fourth-order valence-electron chi connectivity index (χ4n) is 1.72. The summed E-state index contributed by atoms with van der Waals surface area (Å²) >= 11 is 5.21. The monoisotopic (exact) mass is 267 g/mol. The summed E-state index contributed by atoms with van der Waals surface area (Å²) < 4.78 is 7.45. The van der Waals surface area contributed by atoms with Gasteiger partial charge < -0.3 is 20.0 Å². The van der Waals surface area contributed by atoms with Gasteiger partial charge in [-0.1, -0.05) is 0 Å². The van der Waals surface area contributed by atoms with E-state index in [4.69, 9.17) is 22.7 Å². The van der Waals surface area contributed by atoms with Crippen LogP contribution in [0.5, 0.6) is 5.88 Å². The number of ether oxygens (including phenoxy) is 1. The molecule has 18 heavy (non-hydrogen) atoms. The number of carbonyl (C=O) groups excluding carboxylic acids is 1. The number of aryl methyl sites for hydroxylation is 1. The van der Waals surface area contributed by atoms with E-state index in [0.29, 0.717) is 41.2 Å². The summed E-state index contributed by atoms with van der Waals surface area (Å²) in [5, 5.41) is 0. The van der Waals surface area contributed by atoms with Crippen LogP contribution in [0.3, 0.4) is 0 Å². The standard InChI is InChI=1S/C10H13N5O2S/c1-17-9-7-8(12-5-13-9)15(10(18)14-7)4-2-3-6(11)16/h5H,2-4H2,1H3,(H2,11,16)(H,14,18). The first-order valence-electron chi connectivity index (χ1n) is 5.39. The van der Waals surface area contributed by atoms with Crippen LogP contribution in [0.1, 0.15) is 12.8 Å². The summed E-state index contributed by atoms with van der Waals surface area (Å²) in [5.41, 5.74) is 6.42. The number of nitrogens with two attached hydrogens (primary N) is 1. The molecule has 0 aliphatic carbocycles. The van der Waals surface area contributed by atoms with Crippen molar-refractivity contribution in [2.24, 2.45) is 5.73 Å². The van der Waals surface area contributed by atoms with E-state index in [9.17, 15) is 4.79 Å². The number of carbonyl (C=O) groups is 1. The predicted molar refractivity (Wildman–Crippen MR) is 67.7 cm³/mol. The van der Waals surface area contributed by atoms with Gasteiger partial charge in [0.1, 0.15) is 11.8 Å². The van der Waals surface area contributed by atoms with E-state index in [1.807, 2.05) is 0 Å². The molecule has 0 aliphatic rings. The molecule has 0 saturated heterocycles. The highest BCUT2D eigenvalue weighted by atomic mass is 32.1. The van der Waals surface area contributed by atoms with Gasteiger partial charge in [-0.15, -0.1) is 0 Å². The number of imidazole rings is 1. The van der Waals surface area contributed by atoms with E-state index in [1.165, 1.54) is 13.4 Å². The number of aromatic nitrogens is 4. The molecule has 1 amide bonds. The van der Waals surface area contributed by atoms with Gasteiger partial charge in [-0.2, -0.15) is 4.98 Å². The summed E-state index contributed by atoms with van der Waals surface area (Å²) in [6, 6.07) is 0. The Kier molecular flexibility index (Phi) is 3.56. The molecule has 7 nitrogen and oxygen atoms in total. The van der Waals surface area contributed by atoms with Crippen LogP contribution in [0, 0.1) is 4.77 Å². The first kappa shape index (κ1) is 12.5. The van der Waals surface area contributed by atoms with Gasteiger partial charge in [-0.25, -0.2) is 4.98 Å². The van der Waals surface area contributed by atoms with Crippen molar-refractivity contribution in [2.75, 3.05) is 7.11 Å². The Hall–Kier alpha value is -1.96. The highest BCUT2D eigenvalue weighted by Crippen LogP contribution is 2.20. The molecule has 2 aromatic heterocycles. The van der Waals surface area contributed by atoms with Crippen LogP contribution in [0.4, 0.5) is 0 Å². The molecule has 0 spiro atoms. The van der Waals surface area contributed by atoms with Gasteiger partial charge in [0.15, 0.2) is 10.4 Å². The van der Waals surface area contributed by atoms with Crippen LogP contribution in [0.2, 0.25) is 0 Å². The van der Waals surface area contributed by atoms with E-state index in [2.05, 4.69) is 15.0 Å².